The van der Waals surface area contributed by atoms with Gasteiger partial charge in [-0.15, -0.1) is 0 Å². The summed E-state index contributed by atoms with van der Waals surface area (Å²) in [6, 6.07) is 5.04. The molecule has 0 aromatic heterocycles. The van der Waals surface area contributed by atoms with Crippen LogP contribution < -0.4 is 4.89 Å². The fourth-order valence-corrected chi connectivity index (χ4v) is 3.65. The Bertz CT molecular complexity index is 706. The first-order chi connectivity index (χ1) is 9.05. The minimum absolute atomic E-state index is 0.368. The number of carbonyl (C=O) groups is 1. The summed E-state index contributed by atoms with van der Waals surface area (Å²) in [6.07, 6.45) is 0.890. The lowest BCUT2D eigenvalue weighted by Gasteiger charge is -2.11. The number of benzene rings is 1. The highest BCUT2D eigenvalue weighted by molar-refractivity contribution is 7.93. The summed E-state index contributed by atoms with van der Waals surface area (Å²) in [5.41, 5.74) is 0. The summed E-state index contributed by atoms with van der Waals surface area (Å²) in [6.45, 7) is 3.06. The van der Waals surface area contributed by atoms with Gasteiger partial charge in [0.25, 0.3) is 10.0 Å². The van der Waals surface area contributed by atoms with E-state index in [2.05, 4.69) is 4.84 Å². The molecule has 0 aliphatic heterocycles. The van der Waals surface area contributed by atoms with Gasteiger partial charge in [-0.25, -0.2) is 16.8 Å². The van der Waals surface area contributed by atoms with Crippen molar-refractivity contribution in [2.75, 3.05) is 6.26 Å². The van der Waals surface area contributed by atoms with Crippen molar-refractivity contribution in [3.05, 3.63) is 24.3 Å². The number of nitrogens with one attached hydrogen (secondary N) is 1. The van der Waals surface area contributed by atoms with E-state index < -0.39 is 36.6 Å². The topological polar surface area (TPSA) is 107 Å². The van der Waals surface area contributed by atoms with Gasteiger partial charge in [-0.3, -0.25) is 4.79 Å². The molecule has 1 aromatic rings. The molecule has 0 aliphatic rings. The third kappa shape index (κ3) is 4.02. The van der Waals surface area contributed by atoms with Crippen LogP contribution in [0.2, 0.25) is 0 Å². The third-order valence-corrected chi connectivity index (χ3v) is 4.78. The molecule has 0 fully saturated rings. The first kappa shape index (κ1) is 16.6. The van der Waals surface area contributed by atoms with Crippen molar-refractivity contribution < 1.29 is 26.5 Å². The van der Waals surface area contributed by atoms with Crippen LogP contribution >= 0.6 is 0 Å². The maximum absolute atomic E-state index is 12.0. The standard InChI is InChI=1S/C11H15NO6S2/c1-8(2)11(13)18-12-20(16,17)10-7-5-4-6-9(10)19(3,14)15/h4-8,12H,1-3H3. The van der Waals surface area contributed by atoms with Gasteiger partial charge < -0.3 is 4.84 Å². The molecule has 0 radical (unpaired) electrons. The van der Waals surface area contributed by atoms with E-state index in [-0.39, 0.29) is 4.90 Å². The van der Waals surface area contributed by atoms with Crippen molar-refractivity contribution in [3.63, 3.8) is 0 Å². The van der Waals surface area contributed by atoms with Gasteiger partial charge in [-0.05, 0) is 17.0 Å². The molecule has 1 rings (SSSR count). The second kappa shape index (κ2) is 5.90. The maximum atomic E-state index is 12.0. The van der Waals surface area contributed by atoms with Gasteiger partial charge in [0, 0.05) is 6.26 Å². The van der Waals surface area contributed by atoms with Gasteiger partial charge in [-0.2, -0.15) is 0 Å². The number of carbonyl (C=O) groups excluding carboxylic acids is 1. The molecule has 1 aromatic carbocycles. The molecule has 0 spiro atoms. The van der Waals surface area contributed by atoms with Gasteiger partial charge in [0.1, 0.15) is 4.90 Å². The predicted molar refractivity (Wildman–Crippen MR) is 70.8 cm³/mol. The number of rotatable bonds is 5. The summed E-state index contributed by atoms with van der Waals surface area (Å²) in [4.78, 5) is 16.4. The second-order valence-corrected chi connectivity index (χ2v) is 7.98. The Morgan fingerprint density at radius 3 is 2.05 bits per heavy atom. The van der Waals surface area contributed by atoms with Gasteiger partial charge in [0.2, 0.25) is 0 Å². The van der Waals surface area contributed by atoms with Crippen molar-refractivity contribution in [1.82, 2.24) is 4.89 Å². The lowest BCUT2D eigenvalue weighted by Crippen LogP contribution is -2.30. The summed E-state index contributed by atoms with van der Waals surface area (Å²) in [5, 5.41) is 0. The molecule has 0 saturated carbocycles. The molecule has 0 saturated heterocycles. The number of sulfone groups is 1. The Balaban J connectivity index is 3.15. The van der Waals surface area contributed by atoms with Crippen LogP contribution in [0.25, 0.3) is 0 Å². The Morgan fingerprint density at radius 1 is 1.10 bits per heavy atom. The minimum atomic E-state index is -4.27. The summed E-state index contributed by atoms with van der Waals surface area (Å²) >= 11 is 0. The normalized spacial score (nSPS) is 12.4. The van der Waals surface area contributed by atoms with E-state index in [1.54, 1.807) is 4.89 Å². The highest BCUT2D eigenvalue weighted by Crippen LogP contribution is 2.20. The van der Waals surface area contributed by atoms with Crippen LogP contribution in [0.1, 0.15) is 13.8 Å². The molecule has 20 heavy (non-hydrogen) atoms. The predicted octanol–water partition coefficient (Wildman–Crippen LogP) is 0.483. The zero-order chi connectivity index (χ0) is 15.6. The van der Waals surface area contributed by atoms with Crippen LogP contribution in [0.5, 0.6) is 0 Å². The van der Waals surface area contributed by atoms with E-state index in [9.17, 15) is 21.6 Å². The van der Waals surface area contributed by atoms with E-state index in [4.69, 9.17) is 0 Å². The zero-order valence-corrected chi connectivity index (χ0v) is 12.8. The van der Waals surface area contributed by atoms with E-state index in [1.807, 2.05) is 0 Å². The minimum Gasteiger partial charge on any atom is -0.355 e. The van der Waals surface area contributed by atoms with Crippen LogP contribution in [0.3, 0.4) is 0 Å². The molecule has 0 atom stereocenters. The number of hydrogen-bond donors (Lipinski definition) is 1. The zero-order valence-electron chi connectivity index (χ0n) is 11.2. The molecule has 9 heteroatoms. The largest absolute Gasteiger partial charge is 0.355 e. The van der Waals surface area contributed by atoms with E-state index in [1.165, 1.54) is 26.0 Å². The highest BCUT2D eigenvalue weighted by Gasteiger charge is 2.25. The quantitative estimate of drug-likeness (QED) is 0.791. The molecule has 0 amide bonds. The van der Waals surface area contributed by atoms with Gasteiger partial charge in [0.15, 0.2) is 9.84 Å². The Kier molecular flexibility index (Phi) is 4.90. The first-order valence-corrected chi connectivity index (χ1v) is 8.94. The van der Waals surface area contributed by atoms with Crippen molar-refractivity contribution in [3.8, 4) is 0 Å². The lowest BCUT2D eigenvalue weighted by atomic mass is 10.2. The maximum Gasteiger partial charge on any atom is 0.328 e. The van der Waals surface area contributed by atoms with Gasteiger partial charge in [0.05, 0.1) is 10.8 Å². The number of hydrogen-bond acceptors (Lipinski definition) is 6. The summed E-state index contributed by atoms with van der Waals surface area (Å²) < 4.78 is 47.0. The Labute approximate surface area is 117 Å². The lowest BCUT2D eigenvalue weighted by molar-refractivity contribution is -0.150. The monoisotopic (exact) mass is 321 g/mol. The van der Waals surface area contributed by atoms with Crippen LogP contribution in [-0.4, -0.2) is 29.1 Å². The summed E-state index contributed by atoms with van der Waals surface area (Å²) in [7, 11) is -8.01. The molecule has 0 aliphatic carbocycles. The molecule has 1 N–H and O–H groups in total. The highest BCUT2D eigenvalue weighted by atomic mass is 32.2. The van der Waals surface area contributed by atoms with Crippen LogP contribution in [0, 0.1) is 5.92 Å². The van der Waals surface area contributed by atoms with Gasteiger partial charge >= 0.3 is 5.97 Å². The molecular formula is C11H15NO6S2. The van der Waals surface area contributed by atoms with E-state index >= 15 is 0 Å². The average molecular weight is 321 g/mol. The van der Waals surface area contributed by atoms with Crippen LogP contribution in [0.15, 0.2) is 34.1 Å². The van der Waals surface area contributed by atoms with Gasteiger partial charge in [-0.1, -0.05) is 26.0 Å². The fraction of sp³-hybridized carbons (Fsp3) is 0.364. The van der Waals surface area contributed by atoms with Crippen LogP contribution in [0.4, 0.5) is 0 Å². The van der Waals surface area contributed by atoms with E-state index in [0.29, 0.717) is 0 Å². The molecule has 0 unspecified atom stereocenters. The number of sulfonamides is 1. The van der Waals surface area contributed by atoms with Crippen molar-refractivity contribution in [2.24, 2.45) is 5.92 Å². The SMILES string of the molecule is CC(C)C(=O)ONS(=O)(=O)c1ccccc1S(C)(=O)=O. The molecule has 0 heterocycles. The Morgan fingerprint density at radius 2 is 1.60 bits per heavy atom. The van der Waals surface area contributed by atoms with E-state index in [0.717, 1.165) is 18.4 Å². The third-order valence-electron chi connectivity index (χ3n) is 2.26. The van der Waals surface area contributed by atoms with Crippen LogP contribution in [-0.2, 0) is 29.5 Å². The first-order valence-electron chi connectivity index (χ1n) is 5.57. The molecule has 112 valence electrons. The fourth-order valence-electron chi connectivity index (χ4n) is 1.24. The van der Waals surface area contributed by atoms with Crippen molar-refractivity contribution >= 4 is 25.8 Å². The molecular weight excluding hydrogens is 306 g/mol. The average Bonchev–Trinajstić information content (AvgIpc) is 2.35. The van der Waals surface area contributed by atoms with Crippen molar-refractivity contribution in [2.45, 2.75) is 23.6 Å². The molecule has 0 bridgehead atoms. The second-order valence-electron chi connectivity index (χ2n) is 4.38. The Hall–Kier alpha value is -1.45. The molecule has 7 nitrogen and oxygen atoms in total. The smallest absolute Gasteiger partial charge is 0.328 e. The summed E-state index contributed by atoms with van der Waals surface area (Å²) in [5.74, 6) is -1.30. The van der Waals surface area contributed by atoms with Crippen molar-refractivity contribution in [1.29, 1.82) is 0 Å².